The topological polar surface area (TPSA) is 207 Å². The van der Waals surface area contributed by atoms with E-state index < -0.39 is 0 Å². The van der Waals surface area contributed by atoms with Crippen molar-refractivity contribution < 1.29 is 47.8 Å². The number of ether oxygens (including phenoxy) is 2. The number of carbonyl (C=O) groups is 8. The van der Waals surface area contributed by atoms with Crippen molar-refractivity contribution in [1.29, 1.82) is 0 Å². The third-order valence-corrected chi connectivity index (χ3v) is 29.4. The lowest BCUT2D eigenvalue weighted by molar-refractivity contribution is -0.135. The molecule has 16 fully saturated rings. The third kappa shape index (κ3) is 26.3. The number of hydrogen-bond acceptors (Lipinski definition) is 18. The zero-order valence-corrected chi connectivity index (χ0v) is 76.0. The van der Waals surface area contributed by atoms with Gasteiger partial charge in [-0.2, -0.15) is 0 Å². The molecule has 0 aromatic heterocycles. The molecule has 116 heavy (non-hydrogen) atoms. The Balaban J connectivity index is 0.000000152. The van der Waals surface area contributed by atoms with Gasteiger partial charge in [-0.25, -0.2) is 9.59 Å². The van der Waals surface area contributed by atoms with Gasteiger partial charge in [-0.15, -0.1) is 0 Å². The molecule has 0 N–H and O–H groups in total. The van der Waals surface area contributed by atoms with E-state index in [0.29, 0.717) is 133 Å². The second kappa shape index (κ2) is 45.8. The van der Waals surface area contributed by atoms with Crippen LogP contribution in [0.3, 0.4) is 0 Å². The molecule has 0 aliphatic carbocycles. The second-order valence-corrected chi connectivity index (χ2v) is 38.6. The van der Waals surface area contributed by atoms with Crippen LogP contribution in [0.25, 0.3) is 0 Å². The molecule has 0 unspecified atom stereocenters. The van der Waals surface area contributed by atoms with Crippen molar-refractivity contribution in [2.24, 2.45) is 0 Å². The van der Waals surface area contributed by atoms with Gasteiger partial charge in [-0.1, -0.05) is 20.8 Å². The largest absolute Gasteiger partial charge is 0.447 e. The van der Waals surface area contributed by atoms with Gasteiger partial charge >= 0.3 is 12.2 Å². The van der Waals surface area contributed by atoms with Gasteiger partial charge < -0.3 is 78.1 Å². The van der Waals surface area contributed by atoms with Crippen LogP contribution < -0.4 is 0 Å². The molecule has 16 rings (SSSR count). The average Bonchev–Trinajstić information content (AvgIpc) is 1.63. The van der Waals surface area contributed by atoms with Crippen molar-refractivity contribution in [2.45, 2.75) is 358 Å². The predicted octanol–water partition coefficient (Wildman–Crippen LogP) is 9.95. The first-order chi connectivity index (χ1) is 55.4. The molecule has 16 saturated heterocycles. The fraction of sp³-hybridized carbons (Fsp3) is 0.911. The van der Waals surface area contributed by atoms with E-state index in [1.807, 2.05) is 9.80 Å². The number of piperidine rings is 8. The maximum Gasteiger partial charge on any atom is 0.410 e. The van der Waals surface area contributed by atoms with E-state index in [4.69, 9.17) is 9.47 Å². The maximum atomic E-state index is 11.9. The Morgan fingerprint density at radius 3 is 0.733 bits per heavy atom. The van der Waals surface area contributed by atoms with Gasteiger partial charge in [-0.05, 0) is 363 Å². The number of nitrogens with zero attached hydrogens (tertiary/aromatic N) is 16. The summed E-state index contributed by atoms with van der Waals surface area (Å²) in [7, 11) is 17.2. The fourth-order valence-corrected chi connectivity index (χ4v) is 21.7. The van der Waals surface area contributed by atoms with E-state index in [-0.39, 0.29) is 23.8 Å². The predicted molar refractivity (Wildman–Crippen MR) is 461 cm³/mol. The van der Waals surface area contributed by atoms with Crippen LogP contribution in [-0.4, -0.2) is 397 Å². The summed E-state index contributed by atoms with van der Waals surface area (Å²) in [6, 6.07) is 7.01. The van der Waals surface area contributed by atoms with Crippen LogP contribution in [0.15, 0.2) is 0 Å². The first-order valence-corrected chi connectivity index (χ1v) is 46.7. The first kappa shape index (κ1) is 94.9. The molecule has 7 atom stereocenters. The molecule has 0 aromatic rings. The maximum absolute atomic E-state index is 11.9. The van der Waals surface area contributed by atoms with Crippen LogP contribution in [0, 0.1) is 0 Å². The van der Waals surface area contributed by atoms with E-state index in [9.17, 15) is 38.4 Å². The number of amides is 8. The minimum absolute atomic E-state index is 0.0949. The molecule has 0 spiro atoms. The Kier molecular flexibility index (Phi) is 37.5. The lowest BCUT2D eigenvalue weighted by Crippen LogP contribution is -2.51. The van der Waals surface area contributed by atoms with Gasteiger partial charge in [0.2, 0.25) is 35.4 Å². The molecule has 16 aliphatic rings. The number of carbonyl (C=O) groups excluding carboxylic acids is 8. The summed E-state index contributed by atoms with van der Waals surface area (Å²) in [5, 5.41) is 0. The van der Waals surface area contributed by atoms with Crippen molar-refractivity contribution in [3.8, 4) is 0 Å². The molecule has 0 bridgehead atoms. The highest BCUT2D eigenvalue weighted by Crippen LogP contribution is 2.37. The minimum Gasteiger partial charge on any atom is -0.447 e. The molecular weight excluding hydrogens is 1470 g/mol. The number of rotatable bonds is 11. The summed E-state index contributed by atoms with van der Waals surface area (Å²) in [6.45, 7) is 38.7. The lowest BCUT2D eigenvalue weighted by atomic mass is 9.96. The molecule has 664 valence electrons. The molecular formula is C90H164N16O10. The second-order valence-electron chi connectivity index (χ2n) is 38.6. The van der Waals surface area contributed by atoms with Crippen LogP contribution in [0.2, 0.25) is 0 Å². The molecule has 0 aromatic carbocycles. The summed E-state index contributed by atoms with van der Waals surface area (Å²) in [6.07, 6.45) is 32.3. The van der Waals surface area contributed by atoms with Gasteiger partial charge in [0.1, 0.15) is 13.2 Å². The van der Waals surface area contributed by atoms with Crippen LogP contribution in [0.4, 0.5) is 9.59 Å². The van der Waals surface area contributed by atoms with Gasteiger partial charge in [0.25, 0.3) is 0 Å². The standard InChI is InChI=1S/3C12H22N2O.C11H20N2O2.3C11H20N2O.C10H18N2O2/c1-12(2)7-4-11(15)14(12)10-5-8-13(3)9-6-10;2*1-3-10-4-5-12(15)14(10)11-6-8-13(2)9-7-11;1-3-9-8-15-11(14)13(9)10-4-6-12(2)7-5-10;3*1-9-3-4-11(14)13(9)10-5-7-12(2)8-6-10;1-8-7-14-10(13)12(8)9-3-5-11(2)6-4-9/h10H,4-9H2,1-3H3;2*10-11H,3-9H2,1-2H3;9-10H,3-8H2,1-2H3;3*9-10H,3-8H2,1-2H3;8-9H,3-7H2,1-2H3/t;2*10-;4*9-;8-/m.1011001/s1. The van der Waals surface area contributed by atoms with E-state index in [1.54, 1.807) is 0 Å². The van der Waals surface area contributed by atoms with Gasteiger partial charge in [-0.3, -0.25) is 38.6 Å². The lowest BCUT2D eigenvalue weighted by Gasteiger charge is -2.42. The van der Waals surface area contributed by atoms with Crippen molar-refractivity contribution in [3.63, 3.8) is 0 Å². The highest BCUT2D eigenvalue weighted by molar-refractivity contribution is 5.82. The molecule has 0 saturated carbocycles. The van der Waals surface area contributed by atoms with E-state index in [2.05, 4.69) is 187 Å². The number of likely N-dealkylation sites (tertiary alicyclic amines) is 14. The number of hydrogen-bond donors (Lipinski definition) is 0. The SMILES string of the molecule is CC[C@@H]1CCC(=O)N1C1CCN(C)CC1.CC[C@@H]1COC(=O)N1C1CCN(C)CC1.CC[C@H]1CCC(=O)N1C1CCN(C)CC1.CN1CCC(N2C(=O)CCC2(C)C)CC1.C[C@@H]1CCC(=O)N1C1CCN(C)CC1.C[C@@H]1COC(=O)N1C1CCN(C)CC1.C[C@H]1CCC(=O)N1C1CCN(C)CC1.C[C@H]1CCC(=O)N1C1CCN(C)CC1. The summed E-state index contributed by atoms with van der Waals surface area (Å²) in [5.74, 6) is 2.31. The van der Waals surface area contributed by atoms with E-state index in [0.717, 1.165) is 278 Å². The third-order valence-electron chi connectivity index (χ3n) is 29.4. The van der Waals surface area contributed by atoms with Crippen LogP contribution in [0.1, 0.15) is 261 Å². The van der Waals surface area contributed by atoms with Gasteiger partial charge in [0.15, 0.2) is 0 Å². The Bertz CT molecular complexity index is 2720. The Hall–Kier alpha value is -4.96. The first-order valence-electron chi connectivity index (χ1n) is 46.7. The Labute approximate surface area is 702 Å². The van der Waals surface area contributed by atoms with Crippen molar-refractivity contribution in [1.82, 2.24) is 78.4 Å². The number of cyclic esters (lactones) is 2. The fourth-order valence-electron chi connectivity index (χ4n) is 21.7. The summed E-state index contributed by atoms with van der Waals surface area (Å²) in [4.78, 5) is 129. The van der Waals surface area contributed by atoms with Crippen molar-refractivity contribution in [2.75, 3.05) is 174 Å². The minimum atomic E-state index is -0.118. The van der Waals surface area contributed by atoms with Crippen LogP contribution in [-0.2, 0) is 38.2 Å². The smallest absolute Gasteiger partial charge is 0.410 e. The Morgan fingerprint density at radius 2 is 0.491 bits per heavy atom. The highest BCUT2D eigenvalue weighted by atomic mass is 16.6. The average molecular weight is 1630 g/mol. The summed E-state index contributed by atoms with van der Waals surface area (Å²) >= 11 is 0. The van der Waals surface area contributed by atoms with E-state index in [1.165, 1.54) is 25.7 Å². The molecule has 26 heteroatoms. The van der Waals surface area contributed by atoms with Crippen molar-refractivity contribution in [3.05, 3.63) is 0 Å². The zero-order chi connectivity index (χ0) is 84.1. The van der Waals surface area contributed by atoms with Crippen molar-refractivity contribution >= 4 is 47.6 Å². The Morgan fingerprint density at radius 1 is 0.259 bits per heavy atom. The quantitative estimate of drug-likeness (QED) is 0.189. The summed E-state index contributed by atoms with van der Waals surface area (Å²) < 4.78 is 10.2. The van der Waals surface area contributed by atoms with Crippen LogP contribution >= 0.6 is 0 Å². The monoisotopic (exact) mass is 1630 g/mol. The highest BCUT2D eigenvalue weighted by Gasteiger charge is 2.45. The van der Waals surface area contributed by atoms with E-state index >= 15 is 0 Å². The molecule has 8 amide bonds. The molecule has 26 nitrogen and oxygen atoms in total. The normalized spacial score (nSPS) is 30.4. The summed E-state index contributed by atoms with van der Waals surface area (Å²) in [5.41, 5.74) is 0.0949. The molecule has 0 radical (unpaired) electrons. The van der Waals surface area contributed by atoms with Gasteiger partial charge in [0.05, 0.1) is 12.1 Å². The zero-order valence-electron chi connectivity index (χ0n) is 76.0. The van der Waals surface area contributed by atoms with Crippen LogP contribution in [0.5, 0.6) is 0 Å². The van der Waals surface area contributed by atoms with Gasteiger partial charge in [0, 0.05) is 123 Å². The molecule has 16 heterocycles. The molecule has 16 aliphatic heterocycles.